The molecule has 0 saturated heterocycles. The average molecular weight is 322 g/mol. The van der Waals surface area contributed by atoms with Gasteiger partial charge in [-0.15, -0.1) is 0 Å². The van der Waals surface area contributed by atoms with Crippen LogP contribution < -0.4 is 5.32 Å². The summed E-state index contributed by atoms with van der Waals surface area (Å²) in [6.07, 6.45) is 14.3. The van der Waals surface area contributed by atoms with E-state index in [1.165, 1.54) is 76.3 Å². The van der Waals surface area contributed by atoms with E-state index in [1.807, 2.05) is 0 Å². The van der Waals surface area contributed by atoms with E-state index in [-0.39, 0.29) is 5.48 Å². The van der Waals surface area contributed by atoms with Gasteiger partial charge in [0.15, 0.2) is 0 Å². The molecule has 0 radical (unpaired) electrons. The van der Waals surface area contributed by atoms with Gasteiger partial charge >= 0.3 is 0 Å². The number of hydrogen-bond donors (Lipinski definition) is 1. The first-order valence-corrected chi connectivity index (χ1v) is 9.64. The van der Waals surface area contributed by atoms with Crippen molar-refractivity contribution in [1.82, 2.24) is 0 Å². The molecular weight excluding hydrogens is 282 g/mol. The molecule has 0 saturated carbocycles. The van der Waals surface area contributed by atoms with Crippen LogP contribution in [0.25, 0.3) is 0 Å². The SMILES string of the molecule is CC(C)CCCCCCCCCCC[NH2+]Cc1ccccc1.[OH-]. The van der Waals surface area contributed by atoms with E-state index in [0.717, 1.165) is 12.5 Å². The van der Waals surface area contributed by atoms with E-state index in [0.29, 0.717) is 0 Å². The lowest BCUT2D eigenvalue weighted by atomic mass is 10.0. The van der Waals surface area contributed by atoms with Crippen molar-refractivity contribution in [3.05, 3.63) is 35.9 Å². The fourth-order valence-electron chi connectivity index (χ4n) is 2.96. The van der Waals surface area contributed by atoms with Crippen LogP contribution in [0.4, 0.5) is 0 Å². The summed E-state index contributed by atoms with van der Waals surface area (Å²) in [5.41, 5.74) is 1.44. The summed E-state index contributed by atoms with van der Waals surface area (Å²) >= 11 is 0. The molecule has 2 heteroatoms. The molecule has 0 amide bonds. The predicted octanol–water partition coefficient (Wildman–Crippen LogP) is 5.13. The maximum atomic E-state index is 2.45. The van der Waals surface area contributed by atoms with Gasteiger partial charge in [-0.05, 0) is 18.8 Å². The first-order chi connectivity index (χ1) is 10.8. The summed E-state index contributed by atoms with van der Waals surface area (Å²) in [5, 5.41) is 2.45. The van der Waals surface area contributed by atoms with Crippen LogP contribution in [-0.2, 0) is 6.54 Å². The highest BCUT2D eigenvalue weighted by Crippen LogP contribution is 2.12. The van der Waals surface area contributed by atoms with E-state index in [4.69, 9.17) is 0 Å². The summed E-state index contributed by atoms with van der Waals surface area (Å²) in [6, 6.07) is 10.8. The standard InChI is InChI=1S/C21H37N.H2O/c1-20(2)15-11-8-6-4-3-5-7-9-14-18-22-19-21-16-12-10-13-17-21;/h10,12-13,16-17,20,22H,3-9,11,14-15,18-19H2,1-2H3;1H2. The van der Waals surface area contributed by atoms with Gasteiger partial charge < -0.3 is 10.8 Å². The summed E-state index contributed by atoms with van der Waals surface area (Å²) < 4.78 is 0. The molecule has 0 atom stereocenters. The number of rotatable bonds is 14. The van der Waals surface area contributed by atoms with Gasteiger partial charge in [0.05, 0.1) is 6.54 Å². The largest absolute Gasteiger partial charge is 0.870 e. The molecule has 0 aliphatic heterocycles. The van der Waals surface area contributed by atoms with Crippen LogP contribution in [0.15, 0.2) is 30.3 Å². The normalized spacial score (nSPS) is 10.7. The molecule has 3 N–H and O–H groups in total. The van der Waals surface area contributed by atoms with Gasteiger partial charge in [0, 0.05) is 5.56 Å². The Labute approximate surface area is 144 Å². The Hall–Kier alpha value is -0.860. The van der Waals surface area contributed by atoms with Crippen molar-refractivity contribution in [3.63, 3.8) is 0 Å². The summed E-state index contributed by atoms with van der Waals surface area (Å²) in [5.74, 6) is 0.888. The number of nitrogens with two attached hydrogens (primary N) is 1. The smallest absolute Gasteiger partial charge is 0.101 e. The Kier molecular flexibility index (Phi) is 15.4. The average Bonchev–Trinajstić information content (AvgIpc) is 2.52. The molecule has 0 fully saturated rings. The lowest BCUT2D eigenvalue weighted by Gasteiger charge is -2.05. The monoisotopic (exact) mass is 321 g/mol. The Morgan fingerprint density at radius 3 is 1.83 bits per heavy atom. The van der Waals surface area contributed by atoms with Gasteiger partial charge in [0.25, 0.3) is 0 Å². The third-order valence-corrected chi connectivity index (χ3v) is 4.41. The van der Waals surface area contributed by atoms with Crippen molar-refractivity contribution in [2.24, 2.45) is 5.92 Å². The zero-order valence-corrected chi connectivity index (χ0v) is 15.5. The van der Waals surface area contributed by atoms with Crippen molar-refractivity contribution in [1.29, 1.82) is 0 Å². The van der Waals surface area contributed by atoms with E-state index in [1.54, 1.807) is 0 Å². The molecule has 0 heterocycles. The van der Waals surface area contributed by atoms with Crippen LogP contribution in [-0.4, -0.2) is 12.0 Å². The Bertz CT molecular complexity index is 337. The van der Waals surface area contributed by atoms with Gasteiger partial charge in [-0.25, -0.2) is 0 Å². The molecule has 1 rings (SSSR count). The summed E-state index contributed by atoms with van der Waals surface area (Å²) in [4.78, 5) is 0. The number of hydrogen-bond acceptors (Lipinski definition) is 1. The Morgan fingerprint density at radius 1 is 0.739 bits per heavy atom. The lowest BCUT2D eigenvalue weighted by molar-refractivity contribution is -0.671. The van der Waals surface area contributed by atoms with Crippen molar-refractivity contribution in [2.45, 2.75) is 84.6 Å². The zero-order valence-electron chi connectivity index (χ0n) is 15.5. The predicted molar refractivity (Wildman–Crippen MR) is 99.9 cm³/mol. The van der Waals surface area contributed by atoms with Crippen molar-refractivity contribution >= 4 is 0 Å². The quantitative estimate of drug-likeness (QED) is 0.474. The fraction of sp³-hybridized carbons (Fsp3) is 0.714. The van der Waals surface area contributed by atoms with Gasteiger partial charge in [0.1, 0.15) is 6.54 Å². The lowest BCUT2D eigenvalue weighted by Crippen LogP contribution is -2.82. The molecule has 0 aliphatic carbocycles. The Balaban J connectivity index is 0.00000484. The van der Waals surface area contributed by atoms with Crippen LogP contribution in [0.3, 0.4) is 0 Å². The molecule has 1 aromatic rings. The highest BCUT2D eigenvalue weighted by Gasteiger charge is 1.97. The number of benzene rings is 1. The Morgan fingerprint density at radius 2 is 1.26 bits per heavy atom. The first kappa shape index (κ1) is 22.1. The third kappa shape index (κ3) is 14.5. The summed E-state index contributed by atoms with van der Waals surface area (Å²) in [6.45, 7) is 7.08. The highest BCUT2D eigenvalue weighted by atomic mass is 16.0. The molecule has 1 aromatic carbocycles. The zero-order chi connectivity index (χ0) is 15.9. The van der Waals surface area contributed by atoms with E-state index < -0.39 is 0 Å². The molecule has 0 bridgehead atoms. The molecule has 0 aromatic heterocycles. The molecule has 134 valence electrons. The van der Waals surface area contributed by atoms with Gasteiger partial charge in [-0.3, -0.25) is 0 Å². The minimum atomic E-state index is 0. The van der Waals surface area contributed by atoms with Crippen LogP contribution in [0, 0.1) is 5.92 Å². The minimum Gasteiger partial charge on any atom is -0.870 e. The van der Waals surface area contributed by atoms with Crippen molar-refractivity contribution < 1.29 is 10.8 Å². The van der Waals surface area contributed by atoms with E-state index in [2.05, 4.69) is 49.5 Å². The first-order valence-electron chi connectivity index (χ1n) is 9.64. The van der Waals surface area contributed by atoms with Crippen molar-refractivity contribution in [2.75, 3.05) is 6.54 Å². The number of quaternary nitrogens is 1. The van der Waals surface area contributed by atoms with Crippen molar-refractivity contribution in [3.8, 4) is 0 Å². The molecule has 23 heavy (non-hydrogen) atoms. The highest BCUT2D eigenvalue weighted by molar-refractivity contribution is 5.12. The van der Waals surface area contributed by atoms with Gasteiger partial charge in [0.2, 0.25) is 0 Å². The maximum Gasteiger partial charge on any atom is 0.101 e. The molecular formula is C21H39NO. The van der Waals surface area contributed by atoms with Gasteiger partial charge in [-0.1, -0.05) is 95.5 Å². The number of unbranched alkanes of at least 4 members (excludes halogenated alkanes) is 8. The van der Waals surface area contributed by atoms with Crippen LogP contribution in [0.1, 0.15) is 83.6 Å². The maximum absolute atomic E-state index is 2.45. The second-order valence-electron chi connectivity index (χ2n) is 7.13. The summed E-state index contributed by atoms with van der Waals surface area (Å²) in [7, 11) is 0. The fourth-order valence-corrected chi connectivity index (χ4v) is 2.96. The third-order valence-electron chi connectivity index (χ3n) is 4.41. The van der Waals surface area contributed by atoms with E-state index >= 15 is 0 Å². The topological polar surface area (TPSA) is 46.6 Å². The molecule has 0 unspecified atom stereocenters. The van der Waals surface area contributed by atoms with Crippen LogP contribution in [0.2, 0.25) is 0 Å². The second kappa shape index (κ2) is 16.0. The molecule has 0 aliphatic rings. The van der Waals surface area contributed by atoms with Crippen LogP contribution >= 0.6 is 0 Å². The van der Waals surface area contributed by atoms with Gasteiger partial charge in [-0.2, -0.15) is 0 Å². The van der Waals surface area contributed by atoms with Crippen LogP contribution in [0.5, 0.6) is 0 Å². The second-order valence-corrected chi connectivity index (χ2v) is 7.13. The minimum absolute atomic E-state index is 0. The molecule has 0 spiro atoms. The van der Waals surface area contributed by atoms with E-state index in [9.17, 15) is 0 Å². The molecule has 2 nitrogen and oxygen atoms in total.